The maximum atomic E-state index is 13.2. The highest BCUT2D eigenvalue weighted by Crippen LogP contribution is 2.32. The average Bonchev–Trinajstić information content (AvgIpc) is 3.30. The first-order valence-electron chi connectivity index (χ1n) is 11.1. The van der Waals surface area contributed by atoms with Crippen LogP contribution in [0.3, 0.4) is 0 Å². The Morgan fingerprint density at radius 2 is 1.85 bits per heavy atom. The third kappa shape index (κ3) is 5.66. The van der Waals surface area contributed by atoms with Crippen LogP contribution in [0.15, 0.2) is 59.5 Å². The van der Waals surface area contributed by atoms with E-state index in [0.717, 1.165) is 24.8 Å². The predicted octanol–water partition coefficient (Wildman–Crippen LogP) is 4.56. The monoisotopic (exact) mass is 484 g/mol. The molecule has 1 aliphatic rings. The molecule has 1 atom stereocenters. The minimum atomic E-state index is -3.59. The average molecular weight is 485 g/mol. The Hall–Kier alpha value is -2.62. The number of carbonyl (C=O) groups is 1. The van der Waals surface area contributed by atoms with Crippen LogP contribution in [0.2, 0.25) is 0 Å². The van der Waals surface area contributed by atoms with Crippen LogP contribution in [-0.4, -0.2) is 41.9 Å². The van der Waals surface area contributed by atoms with Gasteiger partial charge in [-0.3, -0.25) is 4.79 Å². The van der Waals surface area contributed by atoms with Crippen molar-refractivity contribution >= 4 is 33.0 Å². The van der Waals surface area contributed by atoms with Crippen LogP contribution in [0, 0.1) is 5.92 Å². The van der Waals surface area contributed by atoms with Gasteiger partial charge in [-0.15, -0.1) is 10.2 Å². The molecule has 3 aromatic rings. The minimum Gasteiger partial charge on any atom is -0.320 e. The van der Waals surface area contributed by atoms with E-state index in [4.69, 9.17) is 0 Å². The summed E-state index contributed by atoms with van der Waals surface area (Å²) in [7, 11) is -3.59. The lowest BCUT2D eigenvalue weighted by Crippen LogP contribution is -2.39. The molecule has 2 aromatic carbocycles. The van der Waals surface area contributed by atoms with Crippen molar-refractivity contribution < 1.29 is 13.2 Å². The highest BCUT2D eigenvalue weighted by molar-refractivity contribution is 7.89. The second kappa shape index (κ2) is 10.1. The van der Waals surface area contributed by atoms with Crippen LogP contribution in [0.1, 0.15) is 53.0 Å². The van der Waals surface area contributed by atoms with Crippen molar-refractivity contribution in [2.75, 3.05) is 18.4 Å². The summed E-state index contributed by atoms with van der Waals surface area (Å²) in [5, 5.41) is 12.0. The third-order valence-electron chi connectivity index (χ3n) is 5.60. The van der Waals surface area contributed by atoms with Crippen molar-refractivity contribution in [3.63, 3.8) is 0 Å². The number of benzene rings is 2. The third-order valence-corrected chi connectivity index (χ3v) is 8.57. The van der Waals surface area contributed by atoms with Gasteiger partial charge in [0.2, 0.25) is 15.0 Å². The van der Waals surface area contributed by atoms with Gasteiger partial charge in [-0.1, -0.05) is 55.5 Å². The molecule has 1 aromatic heterocycles. The molecule has 1 unspecified atom stereocenters. The summed E-state index contributed by atoms with van der Waals surface area (Å²) in [5.74, 6) is 0.123. The maximum absolute atomic E-state index is 13.2. The molecule has 0 radical (unpaired) electrons. The van der Waals surface area contributed by atoms with Crippen molar-refractivity contribution in [1.82, 2.24) is 14.5 Å². The summed E-state index contributed by atoms with van der Waals surface area (Å²) in [6.07, 6.45) is 2.47. The molecule has 1 amide bonds. The first-order chi connectivity index (χ1) is 15.8. The Balaban J connectivity index is 1.44. The van der Waals surface area contributed by atoms with Gasteiger partial charge in [0.25, 0.3) is 5.91 Å². The largest absolute Gasteiger partial charge is 0.320 e. The Kier molecular flexibility index (Phi) is 7.21. The quantitative estimate of drug-likeness (QED) is 0.531. The number of piperidine rings is 1. The topological polar surface area (TPSA) is 92.3 Å². The molecule has 4 rings (SSSR count). The molecule has 1 saturated heterocycles. The number of sulfonamides is 1. The lowest BCUT2D eigenvalue weighted by Gasteiger charge is -2.30. The Labute approximate surface area is 198 Å². The smallest absolute Gasteiger partial charge is 0.286 e. The molecule has 0 spiro atoms. The summed E-state index contributed by atoms with van der Waals surface area (Å²) >= 11 is 1.23. The summed E-state index contributed by atoms with van der Waals surface area (Å²) in [6, 6.07) is 16.4. The Morgan fingerprint density at radius 3 is 2.55 bits per heavy atom. The van der Waals surface area contributed by atoms with E-state index in [1.165, 1.54) is 15.6 Å². The van der Waals surface area contributed by atoms with Crippen LogP contribution in [0.4, 0.5) is 5.69 Å². The number of nitrogens with zero attached hydrogens (tertiary/aromatic N) is 3. The molecular formula is C24H28N4O3S2. The fourth-order valence-corrected chi connectivity index (χ4v) is 6.37. The number of hydrogen-bond acceptors (Lipinski definition) is 6. The second-order valence-electron chi connectivity index (χ2n) is 8.71. The number of anilines is 1. The van der Waals surface area contributed by atoms with Gasteiger partial charge in [-0.05, 0) is 55.0 Å². The number of nitrogens with one attached hydrogen (secondary N) is 1. The SMILES string of the molecule is CC(C)Cc1ccc(S(=O)(=O)N2CCCC(c3nnc(C(=O)Nc4ccccc4)s3)C2)cc1. The molecule has 9 heteroatoms. The van der Waals surface area contributed by atoms with Gasteiger partial charge in [0.05, 0.1) is 4.90 Å². The van der Waals surface area contributed by atoms with E-state index in [9.17, 15) is 13.2 Å². The molecular weight excluding hydrogens is 456 g/mol. The number of para-hydroxylation sites is 1. The number of amides is 1. The second-order valence-corrected chi connectivity index (χ2v) is 11.7. The summed E-state index contributed by atoms with van der Waals surface area (Å²) < 4.78 is 28.0. The zero-order valence-electron chi connectivity index (χ0n) is 18.8. The zero-order chi connectivity index (χ0) is 23.4. The summed E-state index contributed by atoms with van der Waals surface area (Å²) in [5.41, 5.74) is 1.82. The molecule has 174 valence electrons. The van der Waals surface area contributed by atoms with Crippen LogP contribution in [0.25, 0.3) is 0 Å². The Morgan fingerprint density at radius 1 is 1.12 bits per heavy atom. The van der Waals surface area contributed by atoms with E-state index in [1.54, 1.807) is 24.3 Å². The molecule has 1 fully saturated rings. The van der Waals surface area contributed by atoms with Gasteiger partial charge in [0, 0.05) is 24.7 Å². The first kappa shape index (κ1) is 23.5. The molecule has 2 heterocycles. The van der Waals surface area contributed by atoms with Gasteiger partial charge in [0.15, 0.2) is 0 Å². The van der Waals surface area contributed by atoms with Gasteiger partial charge in [-0.25, -0.2) is 8.42 Å². The van der Waals surface area contributed by atoms with Crippen LogP contribution < -0.4 is 5.32 Å². The van der Waals surface area contributed by atoms with Crippen molar-refractivity contribution in [2.45, 2.75) is 43.9 Å². The standard InChI is InChI=1S/C24H28N4O3S2/c1-17(2)15-18-10-12-21(13-11-18)33(30,31)28-14-6-7-19(16-28)23-26-27-24(32-23)22(29)25-20-8-4-3-5-9-20/h3-5,8-13,17,19H,6-7,14-16H2,1-2H3,(H,25,29). The minimum absolute atomic E-state index is 0.0792. The fraction of sp³-hybridized carbons (Fsp3) is 0.375. The number of aromatic nitrogens is 2. The van der Waals surface area contributed by atoms with E-state index in [2.05, 4.69) is 29.4 Å². The van der Waals surface area contributed by atoms with Crippen molar-refractivity contribution in [3.05, 3.63) is 70.2 Å². The highest BCUT2D eigenvalue weighted by atomic mass is 32.2. The van der Waals surface area contributed by atoms with Gasteiger partial charge in [0.1, 0.15) is 5.01 Å². The first-order valence-corrected chi connectivity index (χ1v) is 13.4. The lowest BCUT2D eigenvalue weighted by atomic mass is 10.0. The molecule has 0 bridgehead atoms. The maximum Gasteiger partial charge on any atom is 0.286 e. The molecule has 0 saturated carbocycles. The Bertz CT molecular complexity index is 1190. The molecule has 1 aliphatic heterocycles. The number of carbonyl (C=O) groups excluding carboxylic acids is 1. The molecule has 1 N–H and O–H groups in total. The van der Waals surface area contributed by atoms with E-state index < -0.39 is 10.0 Å². The van der Waals surface area contributed by atoms with E-state index in [-0.39, 0.29) is 16.8 Å². The van der Waals surface area contributed by atoms with E-state index in [0.29, 0.717) is 34.6 Å². The van der Waals surface area contributed by atoms with Crippen molar-refractivity contribution in [3.8, 4) is 0 Å². The van der Waals surface area contributed by atoms with Crippen molar-refractivity contribution in [1.29, 1.82) is 0 Å². The van der Waals surface area contributed by atoms with Gasteiger partial charge >= 0.3 is 0 Å². The molecule has 33 heavy (non-hydrogen) atoms. The van der Waals surface area contributed by atoms with Crippen molar-refractivity contribution in [2.24, 2.45) is 5.92 Å². The van der Waals surface area contributed by atoms with Crippen LogP contribution in [-0.2, 0) is 16.4 Å². The van der Waals surface area contributed by atoms with Gasteiger partial charge in [-0.2, -0.15) is 4.31 Å². The predicted molar refractivity (Wildman–Crippen MR) is 130 cm³/mol. The highest BCUT2D eigenvalue weighted by Gasteiger charge is 2.32. The van der Waals surface area contributed by atoms with Gasteiger partial charge < -0.3 is 5.32 Å². The van der Waals surface area contributed by atoms with Crippen LogP contribution in [0.5, 0.6) is 0 Å². The fourth-order valence-electron chi connectivity index (χ4n) is 3.98. The molecule has 7 nitrogen and oxygen atoms in total. The van der Waals surface area contributed by atoms with Crippen LogP contribution >= 0.6 is 11.3 Å². The normalized spacial score (nSPS) is 17.2. The number of rotatable bonds is 7. The number of hydrogen-bond donors (Lipinski definition) is 1. The lowest BCUT2D eigenvalue weighted by molar-refractivity contribution is 0.102. The summed E-state index contributed by atoms with van der Waals surface area (Å²) in [4.78, 5) is 12.8. The zero-order valence-corrected chi connectivity index (χ0v) is 20.4. The van der Waals surface area contributed by atoms with E-state index in [1.807, 2.05) is 30.3 Å². The van der Waals surface area contributed by atoms with E-state index >= 15 is 0 Å². The summed E-state index contributed by atoms with van der Waals surface area (Å²) in [6.45, 7) is 5.10. The molecule has 0 aliphatic carbocycles.